The Morgan fingerprint density at radius 1 is 1.25 bits per heavy atom. The predicted octanol–water partition coefficient (Wildman–Crippen LogP) is 3.19. The Labute approximate surface area is 93.1 Å². The molecule has 4 heteroatoms. The highest BCUT2D eigenvalue weighted by molar-refractivity contribution is 5.62. The van der Waals surface area contributed by atoms with E-state index in [1.54, 1.807) is 6.07 Å². The summed E-state index contributed by atoms with van der Waals surface area (Å²) >= 11 is 0. The van der Waals surface area contributed by atoms with Crippen LogP contribution in [0.15, 0.2) is 28.8 Å². The molecule has 3 nitrogen and oxygen atoms in total. The lowest BCUT2D eigenvalue weighted by molar-refractivity contribution is 0.439. The zero-order valence-electron chi connectivity index (χ0n) is 9.20. The number of halogens is 1. The van der Waals surface area contributed by atoms with Crippen LogP contribution in [-0.2, 0) is 0 Å². The van der Waals surface area contributed by atoms with Gasteiger partial charge in [0.15, 0.2) is 0 Å². The third kappa shape index (κ3) is 2.05. The third-order valence-corrected chi connectivity index (χ3v) is 2.41. The van der Waals surface area contributed by atoms with Gasteiger partial charge in [0.05, 0.1) is 0 Å². The predicted molar refractivity (Wildman–Crippen MR) is 60.4 cm³/mol. The van der Waals surface area contributed by atoms with Crippen molar-refractivity contribution in [3.63, 3.8) is 0 Å². The Morgan fingerprint density at radius 3 is 2.56 bits per heavy atom. The highest BCUT2D eigenvalue weighted by atomic mass is 19.1. The van der Waals surface area contributed by atoms with Crippen molar-refractivity contribution >= 4 is 5.88 Å². The first-order valence-electron chi connectivity index (χ1n) is 5.09. The van der Waals surface area contributed by atoms with Gasteiger partial charge in [-0.15, -0.1) is 0 Å². The maximum atomic E-state index is 13.4. The molecule has 0 aliphatic heterocycles. The van der Waals surface area contributed by atoms with Crippen LogP contribution in [0.3, 0.4) is 0 Å². The summed E-state index contributed by atoms with van der Waals surface area (Å²) < 4.78 is 18.2. The second-order valence-electron chi connectivity index (χ2n) is 4.04. The monoisotopic (exact) mass is 220 g/mol. The third-order valence-electron chi connectivity index (χ3n) is 2.41. The second kappa shape index (κ2) is 3.96. The summed E-state index contributed by atoms with van der Waals surface area (Å²) in [5.41, 5.74) is 7.60. The van der Waals surface area contributed by atoms with Crippen LogP contribution >= 0.6 is 0 Å². The summed E-state index contributed by atoms with van der Waals surface area (Å²) in [5.74, 6) is 0.215. The van der Waals surface area contributed by atoms with Crippen LogP contribution in [0, 0.1) is 5.82 Å². The van der Waals surface area contributed by atoms with Gasteiger partial charge in [0, 0.05) is 11.6 Å². The zero-order valence-corrected chi connectivity index (χ0v) is 9.20. The standard InChI is InChI=1S/C12H13FN2O/c1-7(2)8-3-9(5-10(13)4-8)11-6-12(14)16-15-11/h3-7H,14H2,1-2H3. The number of rotatable bonds is 2. The van der Waals surface area contributed by atoms with Crippen molar-refractivity contribution in [1.82, 2.24) is 5.16 Å². The first-order chi connectivity index (χ1) is 7.56. The summed E-state index contributed by atoms with van der Waals surface area (Å²) in [5, 5.41) is 3.76. The fraction of sp³-hybridized carbons (Fsp3) is 0.250. The smallest absolute Gasteiger partial charge is 0.222 e. The van der Waals surface area contributed by atoms with E-state index >= 15 is 0 Å². The number of benzene rings is 1. The van der Waals surface area contributed by atoms with Crippen LogP contribution in [0.4, 0.5) is 10.3 Å². The molecular formula is C12H13FN2O. The largest absolute Gasteiger partial charge is 0.368 e. The highest BCUT2D eigenvalue weighted by Gasteiger charge is 2.09. The minimum Gasteiger partial charge on any atom is -0.368 e. The molecule has 1 aromatic heterocycles. The molecule has 84 valence electrons. The Bertz CT molecular complexity index is 505. The number of nitrogens with zero attached hydrogens (tertiary/aromatic N) is 1. The van der Waals surface area contributed by atoms with Crippen molar-refractivity contribution < 1.29 is 8.91 Å². The summed E-state index contributed by atoms with van der Waals surface area (Å²) in [6.45, 7) is 4.02. The average Bonchev–Trinajstić information content (AvgIpc) is 2.64. The van der Waals surface area contributed by atoms with E-state index in [9.17, 15) is 4.39 Å². The Hall–Kier alpha value is -1.84. The quantitative estimate of drug-likeness (QED) is 0.845. The number of anilines is 1. The van der Waals surface area contributed by atoms with Crippen LogP contribution < -0.4 is 5.73 Å². The lowest BCUT2D eigenvalue weighted by Crippen LogP contribution is -1.90. The Kier molecular flexibility index (Phi) is 2.64. The maximum absolute atomic E-state index is 13.4. The number of hydrogen-bond donors (Lipinski definition) is 1. The first kappa shape index (κ1) is 10.7. The topological polar surface area (TPSA) is 52.0 Å². The molecule has 0 spiro atoms. The zero-order chi connectivity index (χ0) is 11.7. The van der Waals surface area contributed by atoms with Crippen LogP contribution in [-0.4, -0.2) is 5.16 Å². The van der Waals surface area contributed by atoms with E-state index in [0.29, 0.717) is 11.3 Å². The van der Waals surface area contributed by atoms with Gasteiger partial charge in [0.2, 0.25) is 5.88 Å². The molecule has 2 N–H and O–H groups in total. The van der Waals surface area contributed by atoms with E-state index < -0.39 is 0 Å². The highest BCUT2D eigenvalue weighted by Crippen LogP contribution is 2.25. The lowest BCUT2D eigenvalue weighted by Gasteiger charge is -2.07. The first-order valence-corrected chi connectivity index (χ1v) is 5.09. The summed E-state index contributed by atoms with van der Waals surface area (Å²) in [7, 11) is 0. The molecule has 2 rings (SSSR count). The molecule has 0 saturated carbocycles. The van der Waals surface area contributed by atoms with E-state index in [-0.39, 0.29) is 17.6 Å². The van der Waals surface area contributed by atoms with Gasteiger partial charge in [0.1, 0.15) is 11.5 Å². The lowest BCUT2D eigenvalue weighted by atomic mass is 9.99. The van der Waals surface area contributed by atoms with Gasteiger partial charge < -0.3 is 10.3 Å². The molecule has 0 atom stereocenters. The van der Waals surface area contributed by atoms with E-state index in [0.717, 1.165) is 5.56 Å². The van der Waals surface area contributed by atoms with Gasteiger partial charge in [-0.2, -0.15) is 0 Å². The summed E-state index contributed by atoms with van der Waals surface area (Å²) in [6.07, 6.45) is 0. The molecular weight excluding hydrogens is 207 g/mol. The van der Waals surface area contributed by atoms with Gasteiger partial charge in [-0.25, -0.2) is 4.39 Å². The van der Waals surface area contributed by atoms with Crippen molar-refractivity contribution in [2.24, 2.45) is 0 Å². The molecule has 0 amide bonds. The molecule has 2 aromatic rings. The van der Waals surface area contributed by atoms with E-state index in [2.05, 4.69) is 5.16 Å². The van der Waals surface area contributed by atoms with Crippen molar-refractivity contribution in [2.45, 2.75) is 19.8 Å². The minimum atomic E-state index is -0.275. The molecule has 16 heavy (non-hydrogen) atoms. The SMILES string of the molecule is CC(C)c1cc(F)cc(-c2cc(N)on2)c1. The van der Waals surface area contributed by atoms with E-state index in [4.69, 9.17) is 10.3 Å². The molecule has 0 aliphatic carbocycles. The minimum absolute atomic E-state index is 0.227. The Balaban J connectivity index is 2.49. The fourth-order valence-corrected chi connectivity index (χ4v) is 1.52. The molecule has 1 heterocycles. The molecule has 1 aromatic carbocycles. The maximum Gasteiger partial charge on any atom is 0.222 e. The normalized spacial score (nSPS) is 11.0. The van der Waals surface area contributed by atoms with Crippen molar-refractivity contribution in [1.29, 1.82) is 0 Å². The number of hydrogen-bond acceptors (Lipinski definition) is 3. The van der Waals surface area contributed by atoms with Crippen molar-refractivity contribution in [3.8, 4) is 11.3 Å². The molecule has 0 bridgehead atoms. The second-order valence-corrected chi connectivity index (χ2v) is 4.04. The molecule has 0 aliphatic rings. The molecule has 0 fully saturated rings. The molecule has 0 radical (unpaired) electrons. The number of nitrogen functional groups attached to an aromatic ring is 1. The summed E-state index contributed by atoms with van der Waals surface area (Å²) in [4.78, 5) is 0. The Morgan fingerprint density at radius 2 is 2.00 bits per heavy atom. The van der Waals surface area contributed by atoms with Crippen LogP contribution in [0.25, 0.3) is 11.3 Å². The van der Waals surface area contributed by atoms with Crippen molar-refractivity contribution in [2.75, 3.05) is 5.73 Å². The van der Waals surface area contributed by atoms with Crippen molar-refractivity contribution in [3.05, 3.63) is 35.6 Å². The van der Waals surface area contributed by atoms with Gasteiger partial charge in [0.25, 0.3) is 0 Å². The van der Waals surface area contributed by atoms with E-state index in [1.807, 2.05) is 19.9 Å². The van der Waals surface area contributed by atoms with Gasteiger partial charge >= 0.3 is 0 Å². The van der Waals surface area contributed by atoms with Gasteiger partial charge in [-0.1, -0.05) is 19.0 Å². The van der Waals surface area contributed by atoms with Gasteiger partial charge in [-0.3, -0.25) is 0 Å². The summed E-state index contributed by atoms with van der Waals surface area (Å²) in [6, 6.07) is 6.42. The average molecular weight is 220 g/mol. The number of nitrogens with two attached hydrogens (primary N) is 1. The van der Waals surface area contributed by atoms with Crippen LogP contribution in [0.5, 0.6) is 0 Å². The number of aromatic nitrogens is 1. The molecule has 0 saturated heterocycles. The molecule has 0 unspecified atom stereocenters. The fourth-order valence-electron chi connectivity index (χ4n) is 1.52. The van der Waals surface area contributed by atoms with Crippen LogP contribution in [0.1, 0.15) is 25.3 Å². The van der Waals surface area contributed by atoms with E-state index in [1.165, 1.54) is 12.1 Å². The van der Waals surface area contributed by atoms with Gasteiger partial charge in [-0.05, 0) is 29.7 Å². The van der Waals surface area contributed by atoms with Crippen LogP contribution in [0.2, 0.25) is 0 Å².